The van der Waals surface area contributed by atoms with Crippen molar-refractivity contribution in [2.45, 2.75) is 50.3 Å². The van der Waals surface area contributed by atoms with Crippen LogP contribution in [0.15, 0.2) is 10.3 Å². The molecule has 0 aliphatic heterocycles. The lowest BCUT2D eigenvalue weighted by atomic mass is 9.81. The number of nitrogens with one attached hydrogen (secondary N) is 1. The summed E-state index contributed by atoms with van der Waals surface area (Å²) in [5.41, 5.74) is 6.57. The third-order valence-corrected chi connectivity index (χ3v) is 7.43. The van der Waals surface area contributed by atoms with Crippen molar-refractivity contribution >= 4 is 21.4 Å². The Morgan fingerprint density at radius 2 is 2.10 bits per heavy atom. The molecule has 1 aromatic heterocycles. The summed E-state index contributed by atoms with van der Waals surface area (Å²) < 4.78 is 27.8. The van der Waals surface area contributed by atoms with E-state index in [4.69, 9.17) is 5.73 Å². The zero-order valence-electron chi connectivity index (χ0n) is 12.2. The first-order chi connectivity index (χ1) is 9.44. The second-order valence-corrected chi connectivity index (χ2v) is 8.88. The van der Waals surface area contributed by atoms with Crippen LogP contribution in [-0.4, -0.2) is 15.0 Å². The van der Waals surface area contributed by atoms with Gasteiger partial charge in [0.1, 0.15) is 4.21 Å². The van der Waals surface area contributed by atoms with E-state index in [0.29, 0.717) is 29.1 Å². The number of rotatable bonds is 5. The molecule has 3 N–H and O–H groups in total. The topological polar surface area (TPSA) is 72.2 Å². The Bertz CT molecular complexity index is 552. The Balaban J connectivity index is 2.03. The number of hydrogen-bond acceptors (Lipinski definition) is 4. The summed E-state index contributed by atoms with van der Waals surface area (Å²) in [6, 6.07) is 1.72. The summed E-state index contributed by atoms with van der Waals surface area (Å²) >= 11 is 1.28. The zero-order valence-corrected chi connectivity index (χ0v) is 13.8. The molecule has 2 rings (SSSR count). The highest BCUT2D eigenvalue weighted by atomic mass is 32.2. The largest absolute Gasteiger partial charge is 0.326 e. The van der Waals surface area contributed by atoms with Gasteiger partial charge in [-0.1, -0.05) is 26.2 Å². The summed E-state index contributed by atoms with van der Waals surface area (Å²) in [6.07, 6.45) is 4.82. The molecular weight excluding hydrogens is 292 g/mol. The van der Waals surface area contributed by atoms with Crippen LogP contribution in [0.25, 0.3) is 0 Å². The van der Waals surface area contributed by atoms with E-state index >= 15 is 0 Å². The third kappa shape index (κ3) is 3.61. The zero-order chi connectivity index (χ0) is 14.8. The van der Waals surface area contributed by atoms with Crippen LogP contribution >= 0.6 is 11.3 Å². The number of nitrogens with two attached hydrogens (primary N) is 1. The molecule has 20 heavy (non-hydrogen) atoms. The molecule has 0 saturated heterocycles. The van der Waals surface area contributed by atoms with E-state index in [0.717, 1.165) is 16.9 Å². The van der Waals surface area contributed by atoms with Gasteiger partial charge in [-0.05, 0) is 36.8 Å². The molecule has 1 aliphatic carbocycles. The van der Waals surface area contributed by atoms with E-state index in [1.165, 1.54) is 30.6 Å². The average Bonchev–Trinajstić information content (AvgIpc) is 2.80. The van der Waals surface area contributed by atoms with Crippen molar-refractivity contribution in [2.24, 2.45) is 17.6 Å². The number of aryl methyl sites for hydroxylation is 1. The quantitative estimate of drug-likeness (QED) is 0.877. The van der Waals surface area contributed by atoms with Crippen molar-refractivity contribution in [3.05, 3.63) is 16.5 Å². The molecule has 1 aliphatic rings. The van der Waals surface area contributed by atoms with E-state index in [1.54, 1.807) is 6.07 Å². The molecule has 0 bridgehead atoms. The lowest BCUT2D eigenvalue weighted by Gasteiger charge is -2.28. The monoisotopic (exact) mass is 316 g/mol. The molecule has 2 atom stereocenters. The summed E-state index contributed by atoms with van der Waals surface area (Å²) in [4.78, 5) is 0.941. The smallest absolute Gasteiger partial charge is 0.250 e. The lowest BCUT2D eigenvalue weighted by molar-refractivity contribution is 0.257. The summed E-state index contributed by atoms with van der Waals surface area (Å²) in [6.45, 7) is 5.07. The Kier molecular flexibility index (Phi) is 5.23. The molecule has 4 nitrogen and oxygen atoms in total. The molecule has 1 aromatic rings. The van der Waals surface area contributed by atoms with Gasteiger partial charge >= 0.3 is 0 Å². The van der Waals surface area contributed by atoms with Gasteiger partial charge in [0.15, 0.2) is 0 Å². The van der Waals surface area contributed by atoms with Crippen molar-refractivity contribution in [3.63, 3.8) is 0 Å². The highest BCUT2D eigenvalue weighted by Crippen LogP contribution is 2.30. The summed E-state index contributed by atoms with van der Waals surface area (Å²) in [5, 5.41) is 0. The number of sulfonamides is 1. The van der Waals surface area contributed by atoms with Crippen molar-refractivity contribution in [1.82, 2.24) is 4.72 Å². The van der Waals surface area contributed by atoms with Gasteiger partial charge in [0.2, 0.25) is 10.0 Å². The van der Waals surface area contributed by atoms with Crippen LogP contribution in [0.1, 0.15) is 43.0 Å². The van der Waals surface area contributed by atoms with Crippen LogP contribution in [-0.2, 0) is 16.6 Å². The van der Waals surface area contributed by atoms with Crippen molar-refractivity contribution in [2.75, 3.05) is 6.54 Å². The van der Waals surface area contributed by atoms with Crippen molar-refractivity contribution in [3.8, 4) is 0 Å². The molecular formula is C14H24N2O2S2. The maximum Gasteiger partial charge on any atom is 0.250 e. The molecule has 0 radical (unpaired) electrons. The predicted molar refractivity (Wildman–Crippen MR) is 83.3 cm³/mol. The Labute approximate surface area is 125 Å². The van der Waals surface area contributed by atoms with E-state index in [9.17, 15) is 8.42 Å². The van der Waals surface area contributed by atoms with Crippen LogP contribution in [0.5, 0.6) is 0 Å². The molecule has 0 spiro atoms. The van der Waals surface area contributed by atoms with Gasteiger partial charge in [-0.2, -0.15) is 0 Å². The van der Waals surface area contributed by atoms with Crippen LogP contribution in [0, 0.1) is 18.8 Å². The molecule has 114 valence electrons. The molecule has 1 saturated carbocycles. The van der Waals surface area contributed by atoms with Crippen LogP contribution < -0.4 is 10.5 Å². The Morgan fingerprint density at radius 1 is 1.40 bits per heavy atom. The first-order valence-electron chi connectivity index (χ1n) is 7.23. The second kappa shape index (κ2) is 6.56. The molecule has 6 heteroatoms. The van der Waals surface area contributed by atoms with Crippen LogP contribution in [0.4, 0.5) is 0 Å². The van der Waals surface area contributed by atoms with E-state index < -0.39 is 10.0 Å². The van der Waals surface area contributed by atoms with Gasteiger partial charge in [0.25, 0.3) is 0 Å². The minimum absolute atomic E-state index is 0.388. The molecule has 0 aromatic carbocycles. The first kappa shape index (κ1) is 15.9. The molecule has 0 amide bonds. The van der Waals surface area contributed by atoms with Crippen molar-refractivity contribution in [1.29, 1.82) is 0 Å². The standard InChI is InChI=1S/C14H24N2O2S2/c1-10-5-3-4-6-12(10)9-16-20(17,18)14-7-11(2)13(8-15)19-14/h7,10,12,16H,3-6,8-9,15H2,1-2H3. The SMILES string of the molecule is Cc1cc(S(=O)(=O)NCC2CCCCC2C)sc1CN. The van der Waals surface area contributed by atoms with Gasteiger partial charge < -0.3 is 5.73 Å². The van der Waals surface area contributed by atoms with E-state index in [-0.39, 0.29) is 0 Å². The van der Waals surface area contributed by atoms with Crippen molar-refractivity contribution < 1.29 is 8.42 Å². The number of thiophene rings is 1. The van der Waals surface area contributed by atoms with Crippen LogP contribution in [0.3, 0.4) is 0 Å². The fourth-order valence-electron chi connectivity index (χ4n) is 2.81. The van der Waals surface area contributed by atoms with Crippen LogP contribution in [0.2, 0.25) is 0 Å². The maximum absolute atomic E-state index is 12.3. The Hall–Kier alpha value is -0.430. The average molecular weight is 316 g/mol. The lowest BCUT2D eigenvalue weighted by Crippen LogP contribution is -2.33. The first-order valence-corrected chi connectivity index (χ1v) is 9.53. The molecule has 1 heterocycles. The normalized spacial score (nSPS) is 23.9. The van der Waals surface area contributed by atoms with Gasteiger partial charge in [-0.15, -0.1) is 11.3 Å². The third-order valence-electron chi connectivity index (χ3n) is 4.27. The van der Waals surface area contributed by atoms with E-state index in [2.05, 4.69) is 11.6 Å². The second-order valence-electron chi connectivity index (χ2n) is 5.75. The van der Waals surface area contributed by atoms with Gasteiger partial charge in [0.05, 0.1) is 0 Å². The van der Waals surface area contributed by atoms with Gasteiger partial charge in [-0.3, -0.25) is 0 Å². The fraction of sp³-hybridized carbons (Fsp3) is 0.714. The number of hydrogen-bond donors (Lipinski definition) is 2. The minimum atomic E-state index is -3.38. The highest BCUT2D eigenvalue weighted by molar-refractivity contribution is 7.91. The summed E-state index contributed by atoms with van der Waals surface area (Å²) in [5.74, 6) is 1.07. The van der Waals surface area contributed by atoms with Gasteiger partial charge in [0, 0.05) is 18.0 Å². The molecule has 1 fully saturated rings. The molecule has 2 unspecified atom stereocenters. The summed E-state index contributed by atoms with van der Waals surface area (Å²) in [7, 11) is -3.38. The van der Waals surface area contributed by atoms with Gasteiger partial charge in [-0.25, -0.2) is 13.1 Å². The maximum atomic E-state index is 12.3. The highest BCUT2D eigenvalue weighted by Gasteiger charge is 2.24. The predicted octanol–water partition coefficient (Wildman–Crippen LogP) is 2.62. The van der Waals surface area contributed by atoms with E-state index in [1.807, 2.05) is 6.92 Å². The minimum Gasteiger partial charge on any atom is -0.326 e. The Morgan fingerprint density at radius 3 is 2.70 bits per heavy atom. The fourth-order valence-corrected chi connectivity index (χ4v) is 5.41.